The fraction of sp³-hybridized carbons (Fsp3) is 0.650. The third-order valence-electron chi connectivity index (χ3n) is 5.25. The van der Waals surface area contributed by atoms with Crippen LogP contribution < -0.4 is 0 Å². The Balaban J connectivity index is 3.13. The zero-order valence-electron chi connectivity index (χ0n) is 16.0. The lowest BCUT2D eigenvalue weighted by molar-refractivity contribution is -0.0267. The highest BCUT2D eigenvalue weighted by molar-refractivity contribution is 14.1. The van der Waals surface area contributed by atoms with Crippen molar-refractivity contribution in [2.45, 2.75) is 48.5 Å². The second-order valence-electron chi connectivity index (χ2n) is 8.74. The van der Waals surface area contributed by atoms with Crippen LogP contribution in [0.4, 0.5) is 0 Å². The van der Waals surface area contributed by atoms with Gasteiger partial charge < -0.3 is 4.90 Å². The Kier molecular flexibility index (Phi) is 6.33. The van der Waals surface area contributed by atoms with Gasteiger partial charge in [-0.3, -0.25) is 4.79 Å². The molecule has 0 aromatic heterocycles. The molecule has 0 heterocycles. The molecule has 2 nitrogen and oxygen atoms in total. The number of nitrogens with zero attached hydrogens (tertiary/aromatic N) is 1. The third kappa shape index (κ3) is 4.28. The summed E-state index contributed by atoms with van der Waals surface area (Å²) in [7, 11) is 1.93. The molecule has 0 spiro atoms. The van der Waals surface area contributed by atoms with Crippen molar-refractivity contribution in [2.75, 3.05) is 18.0 Å². The highest BCUT2D eigenvalue weighted by Gasteiger charge is 2.50. The fourth-order valence-electron chi connectivity index (χ4n) is 3.44. The first-order valence-corrected chi connectivity index (χ1v) is 9.76. The van der Waals surface area contributed by atoms with E-state index in [9.17, 15) is 4.79 Å². The number of aryl methyl sites for hydroxylation is 1. The van der Waals surface area contributed by atoms with Crippen molar-refractivity contribution in [3.05, 3.63) is 35.4 Å². The summed E-state index contributed by atoms with van der Waals surface area (Å²) in [5.41, 5.74) is 2.19. The predicted molar refractivity (Wildman–Crippen MR) is 108 cm³/mol. The Bertz CT molecular complexity index is 520. The monoisotopic (exact) mass is 429 g/mol. The van der Waals surface area contributed by atoms with Crippen molar-refractivity contribution >= 4 is 28.5 Å². The average Bonchev–Trinajstić information content (AvgIpc) is 2.41. The lowest BCUT2D eigenvalue weighted by Crippen LogP contribution is -2.55. The van der Waals surface area contributed by atoms with Crippen molar-refractivity contribution in [1.82, 2.24) is 4.90 Å². The molecule has 0 saturated carbocycles. The minimum atomic E-state index is 0.0374. The second-order valence-corrected chi connectivity index (χ2v) is 9.51. The van der Waals surface area contributed by atoms with Crippen molar-refractivity contribution in [1.29, 1.82) is 0 Å². The summed E-state index contributed by atoms with van der Waals surface area (Å²) in [5.74, 6) is 0.104. The second kappa shape index (κ2) is 7.12. The van der Waals surface area contributed by atoms with E-state index < -0.39 is 0 Å². The number of hydrogen-bond acceptors (Lipinski definition) is 1. The molecular weight excluding hydrogens is 397 g/mol. The number of halogens is 1. The van der Waals surface area contributed by atoms with E-state index >= 15 is 0 Å². The van der Waals surface area contributed by atoms with Crippen LogP contribution in [0.15, 0.2) is 24.3 Å². The van der Waals surface area contributed by atoms with E-state index in [1.807, 2.05) is 43.1 Å². The molecule has 0 radical (unpaired) electrons. The molecule has 1 rings (SSSR count). The maximum Gasteiger partial charge on any atom is 0.253 e. The first-order valence-electron chi connectivity index (χ1n) is 8.24. The van der Waals surface area contributed by atoms with Gasteiger partial charge in [0.05, 0.1) is 0 Å². The van der Waals surface area contributed by atoms with Crippen LogP contribution >= 0.6 is 22.6 Å². The van der Waals surface area contributed by atoms with Gasteiger partial charge in [0.1, 0.15) is 0 Å². The Morgan fingerprint density at radius 1 is 1.00 bits per heavy atom. The molecule has 0 aliphatic heterocycles. The number of alkyl halides is 1. The van der Waals surface area contributed by atoms with Crippen LogP contribution in [0, 0.1) is 23.2 Å². The molecule has 0 aliphatic carbocycles. The summed E-state index contributed by atoms with van der Waals surface area (Å²) in [4.78, 5) is 14.7. The standard InChI is InChI=1S/C20H32INO/c1-15-9-11-16(12-10-15)17(23)22(8)14-20(13-21,18(2,3)4)19(5,6)7/h9-12H,13-14H2,1-8H3. The summed E-state index contributed by atoms with van der Waals surface area (Å²) < 4.78 is 1.02. The molecule has 0 atom stereocenters. The zero-order chi connectivity index (χ0) is 18.1. The predicted octanol–water partition coefficient (Wildman–Crippen LogP) is 5.58. The maximum atomic E-state index is 12.8. The Morgan fingerprint density at radius 3 is 1.78 bits per heavy atom. The summed E-state index contributed by atoms with van der Waals surface area (Å²) >= 11 is 2.49. The van der Waals surface area contributed by atoms with Gasteiger partial charge in [0.2, 0.25) is 0 Å². The number of carbonyl (C=O) groups is 1. The van der Waals surface area contributed by atoms with Gasteiger partial charge in [0, 0.05) is 29.0 Å². The highest BCUT2D eigenvalue weighted by Crippen LogP contribution is 2.53. The summed E-state index contributed by atoms with van der Waals surface area (Å²) in [6.07, 6.45) is 0. The molecule has 1 amide bonds. The van der Waals surface area contributed by atoms with Gasteiger partial charge in [-0.05, 0) is 29.9 Å². The SMILES string of the molecule is Cc1ccc(C(=O)N(C)CC(CI)(C(C)(C)C)C(C)(C)C)cc1. The van der Waals surface area contributed by atoms with Crippen LogP contribution in [0.25, 0.3) is 0 Å². The van der Waals surface area contributed by atoms with Gasteiger partial charge in [0.15, 0.2) is 0 Å². The molecule has 1 aromatic carbocycles. The smallest absolute Gasteiger partial charge is 0.253 e. The van der Waals surface area contributed by atoms with E-state index in [0.29, 0.717) is 0 Å². The van der Waals surface area contributed by atoms with Crippen LogP contribution in [-0.4, -0.2) is 28.8 Å². The van der Waals surface area contributed by atoms with E-state index in [1.165, 1.54) is 5.56 Å². The molecule has 0 saturated heterocycles. The van der Waals surface area contributed by atoms with Crippen molar-refractivity contribution in [3.8, 4) is 0 Å². The molecule has 0 fully saturated rings. The lowest BCUT2D eigenvalue weighted by Gasteiger charge is -2.54. The van der Waals surface area contributed by atoms with Crippen molar-refractivity contribution < 1.29 is 4.79 Å². The molecule has 130 valence electrons. The Morgan fingerprint density at radius 2 is 1.43 bits per heavy atom. The molecule has 23 heavy (non-hydrogen) atoms. The molecule has 0 N–H and O–H groups in total. The van der Waals surface area contributed by atoms with Gasteiger partial charge in [-0.1, -0.05) is 81.8 Å². The maximum absolute atomic E-state index is 12.8. The van der Waals surface area contributed by atoms with Gasteiger partial charge in [-0.25, -0.2) is 0 Å². The number of carbonyl (C=O) groups excluding carboxylic acids is 1. The summed E-state index contributed by atoms with van der Waals surface area (Å²) in [5, 5.41) is 0. The van der Waals surface area contributed by atoms with Gasteiger partial charge in [-0.15, -0.1) is 0 Å². The van der Waals surface area contributed by atoms with Gasteiger partial charge >= 0.3 is 0 Å². The molecule has 1 aromatic rings. The number of benzene rings is 1. The zero-order valence-corrected chi connectivity index (χ0v) is 18.1. The molecule has 0 bridgehead atoms. The molecule has 3 heteroatoms. The third-order valence-corrected chi connectivity index (χ3v) is 6.55. The summed E-state index contributed by atoms with van der Waals surface area (Å²) in [6.45, 7) is 16.6. The van der Waals surface area contributed by atoms with Crippen LogP contribution in [0.3, 0.4) is 0 Å². The average molecular weight is 429 g/mol. The van der Waals surface area contributed by atoms with E-state index in [1.54, 1.807) is 0 Å². The quantitative estimate of drug-likeness (QED) is 0.452. The van der Waals surface area contributed by atoms with E-state index in [2.05, 4.69) is 64.1 Å². The van der Waals surface area contributed by atoms with E-state index in [0.717, 1.165) is 16.5 Å². The molecular formula is C20H32INO. The lowest BCUT2D eigenvalue weighted by atomic mass is 9.55. The number of amides is 1. The van der Waals surface area contributed by atoms with Crippen LogP contribution in [0.5, 0.6) is 0 Å². The molecule has 0 aliphatic rings. The minimum Gasteiger partial charge on any atom is -0.341 e. The number of hydrogen-bond donors (Lipinski definition) is 0. The first-order chi connectivity index (χ1) is 10.4. The molecule has 0 unspecified atom stereocenters. The van der Waals surface area contributed by atoms with Crippen molar-refractivity contribution in [3.63, 3.8) is 0 Å². The van der Waals surface area contributed by atoms with E-state index in [4.69, 9.17) is 0 Å². The minimum absolute atomic E-state index is 0.0374. The van der Waals surface area contributed by atoms with Crippen LogP contribution in [0.1, 0.15) is 57.5 Å². The van der Waals surface area contributed by atoms with Crippen LogP contribution in [-0.2, 0) is 0 Å². The van der Waals surface area contributed by atoms with Gasteiger partial charge in [0.25, 0.3) is 5.91 Å². The van der Waals surface area contributed by atoms with Gasteiger partial charge in [-0.2, -0.15) is 0 Å². The highest BCUT2D eigenvalue weighted by atomic mass is 127. The summed E-state index contributed by atoms with van der Waals surface area (Å²) in [6, 6.07) is 7.85. The largest absolute Gasteiger partial charge is 0.341 e. The Labute approximate surface area is 156 Å². The normalized spacial score (nSPS) is 13.1. The van der Waals surface area contributed by atoms with Crippen molar-refractivity contribution in [2.24, 2.45) is 16.2 Å². The number of rotatable bonds is 4. The van der Waals surface area contributed by atoms with Crippen LogP contribution in [0.2, 0.25) is 0 Å². The topological polar surface area (TPSA) is 20.3 Å². The first kappa shape index (κ1) is 20.5. The van der Waals surface area contributed by atoms with E-state index in [-0.39, 0.29) is 22.2 Å². The fourth-order valence-corrected chi connectivity index (χ4v) is 5.97. The Hall–Kier alpha value is -0.580.